The van der Waals surface area contributed by atoms with Gasteiger partial charge in [-0.15, -0.1) is 0 Å². The third-order valence-electron chi connectivity index (χ3n) is 0.905. The summed E-state index contributed by atoms with van der Waals surface area (Å²) in [6, 6.07) is 1.56. The van der Waals surface area contributed by atoms with E-state index in [2.05, 4.69) is 0 Å². The summed E-state index contributed by atoms with van der Waals surface area (Å²) in [6.07, 6.45) is -0.300. The number of amides is 2. The minimum absolute atomic E-state index is 0.300. The van der Waals surface area contributed by atoms with E-state index >= 15 is 0 Å². The fourth-order valence-corrected chi connectivity index (χ4v) is 0.411. The van der Waals surface area contributed by atoms with Gasteiger partial charge in [-0.3, -0.25) is 9.59 Å². The van der Waals surface area contributed by atoms with Crippen molar-refractivity contribution in [1.29, 1.82) is 5.26 Å². The summed E-state index contributed by atoms with van der Waals surface area (Å²) < 4.78 is 0. The van der Waals surface area contributed by atoms with Crippen molar-refractivity contribution in [2.75, 3.05) is 0 Å². The number of rotatable bonds is 3. The molecule has 1 unspecified atom stereocenters. The van der Waals surface area contributed by atoms with Crippen molar-refractivity contribution in [3.63, 3.8) is 0 Å². The summed E-state index contributed by atoms with van der Waals surface area (Å²) in [6.45, 7) is 0. The topological polar surface area (TPSA) is 110 Å². The van der Waals surface area contributed by atoms with Crippen molar-refractivity contribution >= 4 is 11.8 Å². The Morgan fingerprint density at radius 2 is 2.00 bits per heavy atom. The summed E-state index contributed by atoms with van der Waals surface area (Å²) in [7, 11) is 0. The van der Waals surface area contributed by atoms with Crippen molar-refractivity contribution < 1.29 is 9.59 Å². The summed E-state index contributed by atoms with van der Waals surface area (Å²) in [5.41, 5.74) is 9.44. The molecule has 0 aromatic carbocycles. The Bertz CT molecular complexity index is 194. The minimum Gasteiger partial charge on any atom is -0.370 e. The van der Waals surface area contributed by atoms with E-state index in [0.29, 0.717) is 0 Å². The van der Waals surface area contributed by atoms with E-state index in [0.717, 1.165) is 0 Å². The predicted octanol–water partition coefficient (Wildman–Crippen LogP) is -1.51. The summed E-state index contributed by atoms with van der Waals surface area (Å²) >= 11 is 0. The van der Waals surface area contributed by atoms with Gasteiger partial charge in [-0.1, -0.05) is 0 Å². The highest BCUT2D eigenvalue weighted by Crippen LogP contribution is 1.97. The molecule has 0 bridgehead atoms. The number of nitrogens with zero attached hydrogens (tertiary/aromatic N) is 1. The molecule has 0 aliphatic rings. The van der Waals surface area contributed by atoms with E-state index in [-0.39, 0.29) is 6.42 Å². The number of carbonyl (C=O) groups is 2. The van der Waals surface area contributed by atoms with Crippen LogP contribution in [0.1, 0.15) is 6.42 Å². The van der Waals surface area contributed by atoms with Crippen LogP contribution in [0.2, 0.25) is 0 Å². The monoisotopic (exact) mass is 141 g/mol. The quantitative estimate of drug-likeness (QED) is 0.498. The molecule has 2 amide bonds. The first-order chi connectivity index (χ1) is 4.57. The van der Waals surface area contributed by atoms with Crippen LogP contribution in [-0.2, 0) is 9.59 Å². The van der Waals surface area contributed by atoms with Crippen molar-refractivity contribution in [2.45, 2.75) is 6.42 Å². The molecule has 5 nitrogen and oxygen atoms in total. The van der Waals surface area contributed by atoms with Gasteiger partial charge in [0.05, 0.1) is 12.5 Å². The molecule has 1 atom stereocenters. The van der Waals surface area contributed by atoms with Gasteiger partial charge >= 0.3 is 0 Å². The highest BCUT2D eigenvalue weighted by molar-refractivity contribution is 5.85. The molecule has 0 radical (unpaired) electrons. The highest BCUT2D eigenvalue weighted by atomic mass is 16.2. The first-order valence-corrected chi connectivity index (χ1v) is 2.55. The Labute approximate surface area is 57.6 Å². The highest BCUT2D eigenvalue weighted by Gasteiger charge is 2.16. The zero-order valence-corrected chi connectivity index (χ0v) is 5.20. The summed E-state index contributed by atoms with van der Waals surface area (Å²) in [4.78, 5) is 20.4. The van der Waals surface area contributed by atoms with Crippen LogP contribution in [0.25, 0.3) is 0 Å². The van der Waals surface area contributed by atoms with Gasteiger partial charge in [0, 0.05) is 0 Å². The maximum absolute atomic E-state index is 10.3. The van der Waals surface area contributed by atoms with Crippen LogP contribution in [0.3, 0.4) is 0 Å². The molecule has 0 saturated carbocycles. The number of nitriles is 1. The molecule has 5 heteroatoms. The molecule has 0 rings (SSSR count). The van der Waals surface area contributed by atoms with Gasteiger partial charge in [-0.05, 0) is 0 Å². The van der Waals surface area contributed by atoms with Crippen LogP contribution in [0, 0.1) is 17.2 Å². The molecule has 10 heavy (non-hydrogen) atoms. The minimum atomic E-state index is -1.09. The lowest BCUT2D eigenvalue weighted by Crippen LogP contribution is -2.26. The van der Waals surface area contributed by atoms with Crippen LogP contribution < -0.4 is 11.5 Å². The Morgan fingerprint density at radius 1 is 1.50 bits per heavy atom. The molecule has 0 heterocycles. The first-order valence-electron chi connectivity index (χ1n) is 2.55. The SMILES string of the molecule is N#CC(CC(N)=O)C(N)=O. The standard InChI is InChI=1S/C5H7N3O2/c6-2-3(5(8)10)1-4(7)9/h3H,1H2,(H2,7,9)(H2,8,10). The van der Waals surface area contributed by atoms with Gasteiger partial charge in [0.2, 0.25) is 11.8 Å². The second-order valence-electron chi connectivity index (χ2n) is 1.75. The first kappa shape index (κ1) is 8.43. The molecule has 0 saturated heterocycles. The van der Waals surface area contributed by atoms with E-state index in [4.69, 9.17) is 16.7 Å². The predicted molar refractivity (Wildman–Crippen MR) is 32.1 cm³/mol. The largest absolute Gasteiger partial charge is 0.370 e. The maximum atomic E-state index is 10.3. The van der Waals surface area contributed by atoms with E-state index in [1.807, 2.05) is 0 Å². The molecular weight excluding hydrogens is 134 g/mol. The van der Waals surface area contributed by atoms with Gasteiger partial charge in [0.15, 0.2) is 0 Å². The zero-order valence-electron chi connectivity index (χ0n) is 5.20. The van der Waals surface area contributed by atoms with E-state index in [1.54, 1.807) is 6.07 Å². The van der Waals surface area contributed by atoms with Crippen molar-refractivity contribution in [3.8, 4) is 6.07 Å². The fourth-order valence-electron chi connectivity index (χ4n) is 0.411. The van der Waals surface area contributed by atoms with E-state index < -0.39 is 17.7 Å². The average molecular weight is 141 g/mol. The number of carbonyl (C=O) groups excluding carboxylic acids is 2. The summed E-state index contributed by atoms with van der Waals surface area (Å²) in [5.74, 6) is -2.61. The zero-order chi connectivity index (χ0) is 8.15. The third-order valence-corrected chi connectivity index (χ3v) is 0.905. The van der Waals surface area contributed by atoms with Crippen LogP contribution in [0.15, 0.2) is 0 Å². The van der Waals surface area contributed by atoms with Crippen LogP contribution >= 0.6 is 0 Å². The molecule has 0 spiro atoms. The van der Waals surface area contributed by atoms with E-state index in [1.165, 1.54) is 0 Å². The Balaban J connectivity index is 4.00. The molecule has 0 fully saturated rings. The number of primary amides is 2. The molecule has 0 aromatic rings. The van der Waals surface area contributed by atoms with Gasteiger partial charge in [0.25, 0.3) is 0 Å². The van der Waals surface area contributed by atoms with Crippen molar-refractivity contribution in [1.82, 2.24) is 0 Å². The van der Waals surface area contributed by atoms with Crippen molar-refractivity contribution in [3.05, 3.63) is 0 Å². The Morgan fingerprint density at radius 3 is 2.10 bits per heavy atom. The van der Waals surface area contributed by atoms with Gasteiger partial charge in [-0.25, -0.2) is 0 Å². The lowest BCUT2D eigenvalue weighted by atomic mass is 10.1. The van der Waals surface area contributed by atoms with Crippen LogP contribution in [0.4, 0.5) is 0 Å². The molecule has 0 aromatic heterocycles. The molecule has 54 valence electrons. The number of nitrogens with two attached hydrogens (primary N) is 2. The Hall–Kier alpha value is -1.57. The molecule has 0 aliphatic heterocycles. The van der Waals surface area contributed by atoms with Gasteiger partial charge in [0.1, 0.15) is 5.92 Å². The second kappa shape index (κ2) is 3.45. The second-order valence-corrected chi connectivity index (χ2v) is 1.75. The van der Waals surface area contributed by atoms with Crippen LogP contribution in [0.5, 0.6) is 0 Å². The lowest BCUT2D eigenvalue weighted by Gasteiger charge is -1.98. The number of hydrogen-bond donors (Lipinski definition) is 2. The molecular formula is C5H7N3O2. The van der Waals surface area contributed by atoms with Crippen LogP contribution in [-0.4, -0.2) is 11.8 Å². The lowest BCUT2D eigenvalue weighted by molar-refractivity contribution is -0.125. The van der Waals surface area contributed by atoms with E-state index in [9.17, 15) is 9.59 Å². The molecule has 4 N–H and O–H groups in total. The van der Waals surface area contributed by atoms with Gasteiger partial charge in [-0.2, -0.15) is 5.26 Å². The number of hydrogen-bond acceptors (Lipinski definition) is 3. The smallest absolute Gasteiger partial charge is 0.235 e. The third kappa shape index (κ3) is 2.67. The molecule has 0 aliphatic carbocycles. The Kier molecular flexibility index (Phi) is 2.91. The normalized spacial score (nSPS) is 11.5. The van der Waals surface area contributed by atoms with Crippen molar-refractivity contribution in [2.24, 2.45) is 17.4 Å². The maximum Gasteiger partial charge on any atom is 0.235 e. The van der Waals surface area contributed by atoms with Gasteiger partial charge < -0.3 is 11.5 Å². The average Bonchev–Trinajstić information content (AvgIpc) is 1.81. The summed E-state index contributed by atoms with van der Waals surface area (Å²) in [5, 5.41) is 8.19. The fraction of sp³-hybridized carbons (Fsp3) is 0.400.